The molecule has 0 amide bonds. The van der Waals surface area contributed by atoms with Crippen molar-refractivity contribution in [3.8, 4) is 0 Å². The fraction of sp³-hybridized carbons (Fsp3) is 0.545. The molecular formula is C22H30N6O3S. The Kier molecular flexibility index (Phi) is 5.93. The summed E-state index contributed by atoms with van der Waals surface area (Å²) in [5.41, 5.74) is 2.60. The first-order valence-electron chi connectivity index (χ1n) is 11.0. The van der Waals surface area contributed by atoms with Gasteiger partial charge in [0.05, 0.1) is 12.3 Å². The number of piperidine rings is 1. The predicted octanol–water partition coefficient (Wildman–Crippen LogP) is 2.39. The smallest absolute Gasteiger partial charge is 0.281 e. The summed E-state index contributed by atoms with van der Waals surface area (Å²) in [6.45, 7) is 9.42. The molecule has 0 saturated carbocycles. The lowest BCUT2D eigenvalue weighted by atomic mass is 9.87. The quantitative estimate of drug-likeness (QED) is 0.628. The fourth-order valence-electron chi connectivity index (χ4n) is 4.07. The van der Waals surface area contributed by atoms with Crippen LogP contribution in [0.15, 0.2) is 29.1 Å². The molecule has 0 unspecified atom stereocenters. The van der Waals surface area contributed by atoms with E-state index in [9.17, 15) is 13.2 Å². The molecule has 32 heavy (non-hydrogen) atoms. The lowest BCUT2D eigenvalue weighted by Crippen LogP contribution is -2.40. The highest BCUT2D eigenvalue weighted by Crippen LogP contribution is 2.27. The molecule has 2 aromatic heterocycles. The van der Waals surface area contributed by atoms with E-state index >= 15 is 0 Å². The SMILES string of the molecule is CCS(=O)(=O)N1CCC[C@@H](c2nc3c(nnn3Cc3ccc(C(C)(C)C)cc3)c(=O)[nH]2)C1. The van der Waals surface area contributed by atoms with Crippen molar-refractivity contribution in [2.75, 3.05) is 18.8 Å². The van der Waals surface area contributed by atoms with Gasteiger partial charge in [0.25, 0.3) is 5.56 Å². The van der Waals surface area contributed by atoms with Gasteiger partial charge in [-0.15, -0.1) is 5.10 Å². The zero-order valence-electron chi connectivity index (χ0n) is 19.0. The van der Waals surface area contributed by atoms with Crippen molar-refractivity contribution in [3.63, 3.8) is 0 Å². The van der Waals surface area contributed by atoms with Gasteiger partial charge in [0.2, 0.25) is 10.0 Å². The number of nitrogens with one attached hydrogen (secondary N) is 1. The second-order valence-electron chi connectivity index (χ2n) is 9.42. The molecule has 0 bridgehead atoms. The Balaban J connectivity index is 1.64. The van der Waals surface area contributed by atoms with Gasteiger partial charge in [-0.2, -0.15) is 0 Å². The van der Waals surface area contributed by atoms with Crippen LogP contribution in [-0.4, -0.2) is 56.5 Å². The van der Waals surface area contributed by atoms with E-state index in [-0.39, 0.29) is 28.2 Å². The lowest BCUT2D eigenvalue weighted by Gasteiger charge is -2.31. The Labute approximate surface area is 187 Å². The van der Waals surface area contributed by atoms with Crippen LogP contribution >= 0.6 is 0 Å². The minimum atomic E-state index is -3.28. The number of H-pyrrole nitrogens is 1. The minimum Gasteiger partial charge on any atom is -0.308 e. The van der Waals surface area contributed by atoms with Crippen LogP contribution in [0.2, 0.25) is 0 Å². The number of rotatable bonds is 5. The average molecular weight is 459 g/mol. The second-order valence-corrected chi connectivity index (χ2v) is 11.7. The van der Waals surface area contributed by atoms with E-state index < -0.39 is 10.0 Å². The molecule has 0 spiro atoms. The Bertz CT molecular complexity index is 1270. The molecule has 10 heteroatoms. The number of fused-ring (bicyclic) bond motifs is 1. The first-order chi connectivity index (χ1) is 15.1. The highest BCUT2D eigenvalue weighted by Gasteiger charge is 2.30. The summed E-state index contributed by atoms with van der Waals surface area (Å²) in [5.74, 6) is 0.384. The van der Waals surface area contributed by atoms with Crippen LogP contribution in [0.1, 0.15) is 63.4 Å². The summed E-state index contributed by atoms with van der Waals surface area (Å²) in [4.78, 5) is 20.1. The molecule has 1 aliphatic rings. The highest BCUT2D eigenvalue weighted by molar-refractivity contribution is 7.89. The maximum atomic E-state index is 12.7. The molecule has 1 aromatic carbocycles. The van der Waals surface area contributed by atoms with Crippen molar-refractivity contribution in [2.45, 2.75) is 58.4 Å². The maximum Gasteiger partial charge on any atom is 0.281 e. The number of hydrogen-bond acceptors (Lipinski definition) is 6. The predicted molar refractivity (Wildman–Crippen MR) is 123 cm³/mol. The number of aromatic nitrogens is 5. The second kappa shape index (κ2) is 8.40. The number of benzene rings is 1. The molecule has 1 atom stereocenters. The van der Waals surface area contributed by atoms with E-state index in [4.69, 9.17) is 0 Å². The van der Waals surface area contributed by atoms with E-state index in [1.165, 1.54) is 9.87 Å². The Morgan fingerprint density at radius 1 is 1.19 bits per heavy atom. The van der Waals surface area contributed by atoms with E-state index in [0.717, 1.165) is 18.4 Å². The molecule has 3 heterocycles. The van der Waals surface area contributed by atoms with E-state index in [1.807, 2.05) is 0 Å². The van der Waals surface area contributed by atoms with Gasteiger partial charge in [-0.05, 0) is 36.3 Å². The molecule has 0 aliphatic carbocycles. The zero-order valence-corrected chi connectivity index (χ0v) is 19.8. The number of aromatic amines is 1. The number of nitrogens with zero attached hydrogens (tertiary/aromatic N) is 5. The summed E-state index contributed by atoms with van der Waals surface area (Å²) in [7, 11) is -3.28. The monoisotopic (exact) mass is 458 g/mol. The van der Waals surface area contributed by atoms with Crippen molar-refractivity contribution >= 4 is 21.2 Å². The van der Waals surface area contributed by atoms with Gasteiger partial charge in [0.1, 0.15) is 5.82 Å². The van der Waals surface area contributed by atoms with E-state index in [1.54, 1.807) is 11.6 Å². The Hall–Kier alpha value is -2.59. The molecule has 1 saturated heterocycles. The summed E-state index contributed by atoms with van der Waals surface area (Å²) >= 11 is 0. The zero-order chi connectivity index (χ0) is 23.1. The van der Waals surface area contributed by atoms with Gasteiger partial charge in [-0.25, -0.2) is 22.4 Å². The van der Waals surface area contributed by atoms with Gasteiger partial charge in [-0.1, -0.05) is 50.3 Å². The maximum absolute atomic E-state index is 12.7. The van der Waals surface area contributed by atoms with Gasteiger partial charge >= 0.3 is 0 Å². The van der Waals surface area contributed by atoms with Crippen molar-refractivity contribution in [3.05, 3.63) is 51.6 Å². The van der Waals surface area contributed by atoms with Crippen molar-refractivity contribution in [1.29, 1.82) is 0 Å². The van der Waals surface area contributed by atoms with Crippen LogP contribution in [0.3, 0.4) is 0 Å². The molecule has 4 rings (SSSR count). The number of sulfonamides is 1. The minimum absolute atomic E-state index is 0.0629. The summed E-state index contributed by atoms with van der Waals surface area (Å²) < 4.78 is 27.8. The third-order valence-electron chi connectivity index (χ3n) is 6.07. The molecule has 1 N–H and O–H groups in total. The van der Waals surface area contributed by atoms with Crippen molar-refractivity contribution in [1.82, 2.24) is 29.3 Å². The Morgan fingerprint density at radius 2 is 1.91 bits per heavy atom. The Morgan fingerprint density at radius 3 is 2.56 bits per heavy atom. The fourth-order valence-corrected chi connectivity index (χ4v) is 5.25. The number of hydrogen-bond donors (Lipinski definition) is 1. The van der Waals surface area contributed by atoms with E-state index in [2.05, 4.69) is 65.3 Å². The van der Waals surface area contributed by atoms with Crippen LogP contribution in [-0.2, 0) is 22.0 Å². The molecule has 1 fully saturated rings. The third kappa shape index (κ3) is 4.47. The normalized spacial score (nSPS) is 18.3. The molecule has 9 nitrogen and oxygen atoms in total. The highest BCUT2D eigenvalue weighted by atomic mass is 32.2. The van der Waals surface area contributed by atoms with Crippen LogP contribution in [0.4, 0.5) is 0 Å². The van der Waals surface area contributed by atoms with Crippen LogP contribution in [0.5, 0.6) is 0 Å². The standard InChI is InChI=1S/C22H30N6O3S/c1-5-32(30,31)27-12-6-7-16(14-27)19-23-20-18(21(29)24-19)25-26-28(20)13-15-8-10-17(11-9-15)22(2,3)4/h8-11,16H,5-7,12-14H2,1-4H3,(H,23,24,29)/t16-/m1/s1. The first kappa shape index (κ1) is 22.6. The lowest BCUT2D eigenvalue weighted by molar-refractivity contribution is 0.309. The van der Waals surface area contributed by atoms with Gasteiger partial charge in [0, 0.05) is 19.0 Å². The van der Waals surface area contributed by atoms with Crippen LogP contribution in [0.25, 0.3) is 11.2 Å². The topological polar surface area (TPSA) is 114 Å². The summed E-state index contributed by atoms with van der Waals surface area (Å²) in [6, 6.07) is 8.31. The van der Waals surface area contributed by atoms with Gasteiger partial charge in [0.15, 0.2) is 11.2 Å². The van der Waals surface area contributed by atoms with Crippen LogP contribution < -0.4 is 5.56 Å². The molecular weight excluding hydrogens is 428 g/mol. The summed E-state index contributed by atoms with van der Waals surface area (Å²) in [6.07, 6.45) is 1.49. The largest absolute Gasteiger partial charge is 0.308 e. The molecule has 1 aliphatic heterocycles. The van der Waals surface area contributed by atoms with Crippen molar-refractivity contribution < 1.29 is 8.42 Å². The average Bonchev–Trinajstić information content (AvgIpc) is 3.17. The first-order valence-corrected chi connectivity index (χ1v) is 12.6. The third-order valence-corrected chi connectivity index (χ3v) is 7.92. The van der Waals surface area contributed by atoms with Gasteiger partial charge < -0.3 is 4.98 Å². The van der Waals surface area contributed by atoms with Gasteiger partial charge in [-0.3, -0.25) is 4.79 Å². The summed E-state index contributed by atoms with van der Waals surface area (Å²) in [5, 5.41) is 8.18. The van der Waals surface area contributed by atoms with Crippen LogP contribution in [0, 0.1) is 0 Å². The molecule has 3 aromatic rings. The van der Waals surface area contributed by atoms with E-state index in [0.29, 0.717) is 31.1 Å². The van der Waals surface area contributed by atoms with Crippen molar-refractivity contribution in [2.24, 2.45) is 0 Å². The molecule has 172 valence electrons. The molecule has 0 radical (unpaired) electrons.